The highest BCUT2D eigenvalue weighted by Crippen LogP contribution is 2.34. The molecule has 2 aliphatic rings. The second-order valence-electron chi connectivity index (χ2n) is 7.10. The molecule has 2 fully saturated rings. The normalized spacial score (nSPS) is 20.5. The maximum Gasteiger partial charge on any atom is 0.261 e. The number of rotatable bonds is 5. The summed E-state index contributed by atoms with van der Waals surface area (Å²) in [6.07, 6.45) is 2.54. The lowest BCUT2D eigenvalue weighted by molar-refractivity contribution is -0.138. The molecule has 27 heavy (non-hydrogen) atoms. The van der Waals surface area contributed by atoms with Crippen LogP contribution in [0.5, 0.6) is 5.75 Å². The van der Waals surface area contributed by atoms with Gasteiger partial charge in [0.1, 0.15) is 5.75 Å². The van der Waals surface area contributed by atoms with Crippen molar-refractivity contribution in [2.24, 2.45) is 0 Å². The Morgan fingerprint density at radius 2 is 1.85 bits per heavy atom. The number of ether oxygens (including phenoxy) is 1. The number of nitrogens with zero attached hydrogens (tertiary/aromatic N) is 2. The van der Waals surface area contributed by atoms with Gasteiger partial charge in [-0.1, -0.05) is 53.5 Å². The van der Waals surface area contributed by atoms with Crippen LogP contribution in [-0.2, 0) is 4.79 Å². The Balaban J connectivity index is 1.46. The molecule has 0 bridgehead atoms. The van der Waals surface area contributed by atoms with Crippen LogP contribution >= 0.6 is 23.2 Å². The molecular weight excluding hydrogens is 383 g/mol. The van der Waals surface area contributed by atoms with Crippen molar-refractivity contribution >= 4 is 29.1 Å². The molecule has 1 aliphatic carbocycles. The third kappa shape index (κ3) is 4.40. The molecule has 142 valence electrons. The summed E-state index contributed by atoms with van der Waals surface area (Å²) in [5, 5.41) is 0.951. The fourth-order valence-electron chi connectivity index (χ4n) is 3.65. The Hall–Kier alpha value is -1.75. The summed E-state index contributed by atoms with van der Waals surface area (Å²) in [5.41, 5.74) is 1.17. The number of carbonyl (C=O) groups excluding carboxylic acids is 1. The SMILES string of the molecule is O=C(COc1ccc(Cl)cc1Cl)N1CCN(C2CC2)CC1c1ccccc1. The van der Waals surface area contributed by atoms with Gasteiger partial charge in [0.25, 0.3) is 5.91 Å². The van der Waals surface area contributed by atoms with E-state index in [1.54, 1.807) is 18.2 Å². The number of halogens is 2. The van der Waals surface area contributed by atoms with E-state index in [0.29, 0.717) is 28.4 Å². The summed E-state index contributed by atoms with van der Waals surface area (Å²) < 4.78 is 5.68. The number of benzene rings is 2. The van der Waals surface area contributed by atoms with Crippen LogP contribution in [0.4, 0.5) is 0 Å². The van der Waals surface area contributed by atoms with Crippen LogP contribution in [0.25, 0.3) is 0 Å². The zero-order valence-corrected chi connectivity index (χ0v) is 16.5. The number of hydrogen-bond acceptors (Lipinski definition) is 3. The van der Waals surface area contributed by atoms with Crippen LogP contribution in [0, 0.1) is 0 Å². The average molecular weight is 405 g/mol. The molecule has 1 atom stereocenters. The molecule has 1 heterocycles. The van der Waals surface area contributed by atoms with E-state index in [2.05, 4.69) is 17.0 Å². The van der Waals surface area contributed by atoms with Gasteiger partial charge in [-0.15, -0.1) is 0 Å². The third-order valence-corrected chi connectivity index (χ3v) is 5.76. The molecule has 1 unspecified atom stereocenters. The van der Waals surface area contributed by atoms with E-state index in [1.165, 1.54) is 18.4 Å². The standard InChI is InChI=1S/C21H22Cl2N2O2/c22-16-6-9-20(18(23)12-16)27-14-21(26)25-11-10-24(17-7-8-17)13-19(25)15-4-2-1-3-5-15/h1-6,9,12,17,19H,7-8,10-11,13-14H2. The summed E-state index contributed by atoms with van der Waals surface area (Å²) >= 11 is 12.1. The van der Waals surface area contributed by atoms with Gasteiger partial charge < -0.3 is 9.64 Å². The zero-order chi connectivity index (χ0) is 18.8. The van der Waals surface area contributed by atoms with Crippen molar-refractivity contribution in [1.29, 1.82) is 0 Å². The minimum atomic E-state index is -0.0336. The summed E-state index contributed by atoms with van der Waals surface area (Å²) in [4.78, 5) is 17.4. The summed E-state index contributed by atoms with van der Waals surface area (Å²) in [5.74, 6) is 0.451. The predicted molar refractivity (Wildman–Crippen MR) is 107 cm³/mol. The summed E-state index contributed by atoms with van der Waals surface area (Å²) in [6.45, 7) is 2.48. The first-order valence-corrected chi connectivity index (χ1v) is 10.0. The quantitative estimate of drug-likeness (QED) is 0.739. The van der Waals surface area contributed by atoms with E-state index in [1.807, 2.05) is 23.1 Å². The van der Waals surface area contributed by atoms with E-state index in [9.17, 15) is 4.79 Å². The van der Waals surface area contributed by atoms with Crippen molar-refractivity contribution in [2.75, 3.05) is 26.2 Å². The molecule has 2 aromatic rings. The molecule has 0 spiro atoms. The Morgan fingerprint density at radius 1 is 1.07 bits per heavy atom. The number of carbonyl (C=O) groups is 1. The Kier molecular flexibility index (Phi) is 5.58. The van der Waals surface area contributed by atoms with E-state index in [0.717, 1.165) is 13.1 Å². The highest BCUT2D eigenvalue weighted by atomic mass is 35.5. The van der Waals surface area contributed by atoms with Gasteiger partial charge >= 0.3 is 0 Å². The first-order chi connectivity index (χ1) is 13.1. The second-order valence-corrected chi connectivity index (χ2v) is 7.95. The van der Waals surface area contributed by atoms with Gasteiger partial charge in [-0.3, -0.25) is 9.69 Å². The maximum atomic E-state index is 12.9. The second kappa shape index (κ2) is 8.09. The fraction of sp³-hybridized carbons (Fsp3) is 0.381. The molecule has 1 aliphatic heterocycles. The van der Waals surface area contributed by atoms with Crippen LogP contribution in [0.2, 0.25) is 10.0 Å². The van der Waals surface area contributed by atoms with Crippen LogP contribution in [0.3, 0.4) is 0 Å². The molecule has 2 aromatic carbocycles. The number of hydrogen-bond donors (Lipinski definition) is 0. The fourth-order valence-corrected chi connectivity index (χ4v) is 4.11. The van der Waals surface area contributed by atoms with Crippen molar-refractivity contribution in [3.05, 3.63) is 64.1 Å². The van der Waals surface area contributed by atoms with E-state index < -0.39 is 0 Å². The first kappa shape index (κ1) is 18.6. The van der Waals surface area contributed by atoms with Gasteiger partial charge in [0.15, 0.2) is 6.61 Å². The monoisotopic (exact) mass is 404 g/mol. The van der Waals surface area contributed by atoms with Gasteiger partial charge in [-0.25, -0.2) is 0 Å². The van der Waals surface area contributed by atoms with Crippen molar-refractivity contribution in [2.45, 2.75) is 24.9 Å². The van der Waals surface area contributed by atoms with Gasteiger partial charge in [0.2, 0.25) is 0 Å². The van der Waals surface area contributed by atoms with E-state index in [-0.39, 0.29) is 18.6 Å². The Morgan fingerprint density at radius 3 is 2.56 bits per heavy atom. The predicted octanol–water partition coefficient (Wildman–Crippen LogP) is 4.42. The highest BCUT2D eigenvalue weighted by molar-refractivity contribution is 6.35. The third-order valence-electron chi connectivity index (χ3n) is 5.22. The Bertz CT molecular complexity index is 811. The first-order valence-electron chi connectivity index (χ1n) is 9.28. The van der Waals surface area contributed by atoms with Crippen LogP contribution in [-0.4, -0.2) is 48.0 Å². The number of amides is 1. The molecule has 1 saturated heterocycles. The van der Waals surface area contributed by atoms with Crippen LogP contribution in [0.15, 0.2) is 48.5 Å². The minimum absolute atomic E-state index is 0.0229. The molecule has 1 amide bonds. The molecule has 0 aromatic heterocycles. The molecule has 0 N–H and O–H groups in total. The van der Waals surface area contributed by atoms with E-state index in [4.69, 9.17) is 27.9 Å². The van der Waals surface area contributed by atoms with E-state index >= 15 is 0 Å². The summed E-state index contributed by atoms with van der Waals surface area (Å²) in [6, 6.07) is 16.0. The zero-order valence-electron chi connectivity index (χ0n) is 15.0. The van der Waals surface area contributed by atoms with Crippen LogP contribution in [0.1, 0.15) is 24.4 Å². The van der Waals surface area contributed by atoms with Crippen molar-refractivity contribution in [3.63, 3.8) is 0 Å². The lowest BCUT2D eigenvalue weighted by atomic mass is 10.0. The van der Waals surface area contributed by atoms with Crippen molar-refractivity contribution in [1.82, 2.24) is 9.80 Å². The molecule has 0 radical (unpaired) electrons. The summed E-state index contributed by atoms with van der Waals surface area (Å²) in [7, 11) is 0. The maximum absolute atomic E-state index is 12.9. The molecule has 4 rings (SSSR count). The van der Waals surface area contributed by atoms with Gasteiger partial charge in [-0.05, 0) is 36.6 Å². The largest absolute Gasteiger partial charge is 0.482 e. The van der Waals surface area contributed by atoms with Gasteiger partial charge in [0, 0.05) is 30.7 Å². The lowest BCUT2D eigenvalue weighted by Crippen LogP contribution is -2.52. The van der Waals surface area contributed by atoms with Gasteiger partial charge in [-0.2, -0.15) is 0 Å². The lowest BCUT2D eigenvalue weighted by Gasteiger charge is -2.42. The molecule has 4 nitrogen and oxygen atoms in total. The minimum Gasteiger partial charge on any atom is -0.482 e. The topological polar surface area (TPSA) is 32.8 Å². The Labute approximate surface area is 169 Å². The molecular formula is C21H22Cl2N2O2. The average Bonchev–Trinajstić information content (AvgIpc) is 3.53. The smallest absolute Gasteiger partial charge is 0.261 e. The van der Waals surface area contributed by atoms with Crippen LogP contribution < -0.4 is 4.74 Å². The van der Waals surface area contributed by atoms with Gasteiger partial charge in [0.05, 0.1) is 11.1 Å². The molecule has 6 heteroatoms. The number of piperazine rings is 1. The molecule has 1 saturated carbocycles. The van der Waals surface area contributed by atoms with Crippen molar-refractivity contribution < 1.29 is 9.53 Å². The van der Waals surface area contributed by atoms with Crippen molar-refractivity contribution in [3.8, 4) is 5.75 Å². The highest BCUT2D eigenvalue weighted by Gasteiger charge is 2.37.